The first-order valence-corrected chi connectivity index (χ1v) is 8.49. The molecule has 2 heterocycles. The van der Waals surface area contributed by atoms with Gasteiger partial charge < -0.3 is 15.8 Å². The molecular weight excluding hydrogens is 429 g/mol. The Morgan fingerprint density at radius 1 is 1.24 bits per heavy atom. The van der Waals surface area contributed by atoms with Crippen LogP contribution in [0, 0.1) is 0 Å². The van der Waals surface area contributed by atoms with Crippen LogP contribution in [-0.4, -0.2) is 55.2 Å². The van der Waals surface area contributed by atoms with Gasteiger partial charge in [0.15, 0.2) is 5.96 Å². The number of morpholine rings is 1. The number of benzene rings is 1. The number of fused-ring (bicyclic) bond motifs is 1. The van der Waals surface area contributed by atoms with Gasteiger partial charge in [0.2, 0.25) is 0 Å². The predicted octanol–water partition coefficient (Wildman–Crippen LogP) is 1.98. The molecule has 0 aliphatic carbocycles. The molecule has 3 N–H and O–H groups in total. The zero-order valence-corrected chi connectivity index (χ0v) is 16.7. The maximum absolute atomic E-state index is 5.96. The van der Waals surface area contributed by atoms with Crippen molar-refractivity contribution in [1.82, 2.24) is 15.2 Å². The number of aromatic nitrogens is 1. The highest BCUT2D eigenvalue weighted by molar-refractivity contribution is 14.0. The summed E-state index contributed by atoms with van der Waals surface area (Å²) in [5, 5.41) is 5.49. The topological polar surface area (TPSA) is 75.8 Å². The monoisotopic (exact) mass is 455 g/mol. The summed E-state index contributed by atoms with van der Waals surface area (Å²) in [6.45, 7) is 6.12. The molecule has 1 aromatic carbocycles. The van der Waals surface area contributed by atoms with Gasteiger partial charge in [0, 0.05) is 31.2 Å². The van der Waals surface area contributed by atoms with Gasteiger partial charge in [-0.25, -0.2) is 4.99 Å². The van der Waals surface area contributed by atoms with Crippen molar-refractivity contribution in [2.75, 3.05) is 39.4 Å². The van der Waals surface area contributed by atoms with Crippen molar-refractivity contribution in [3.8, 4) is 0 Å². The molecule has 1 fully saturated rings. The van der Waals surface area contributed by atoms with E-state index in [9.17, 15) is 0 Å². The fourth-order valence-corrected chi connectivity index (χ4v) is 2.87. The number of hydrogen-bond donors (Lipinski definition) is 2. The summed E-state index contributed by atoms with van der Waals surface area (Å²) >= 11 is 0. The summed E-state index contributed by atoms with van der Waals surface area (Å²) in [6, 6.07) is 10.2. The van der Waals surface area contributed by atoms with E-state index in [1.165, 1.54) is 5.39 Å². The van der Waals surface area contributed by atoms with Gasteiger partial charge in [-0.2, -0.15) is 0 Å². The van der Waals surface area contributed by atoms with E-state index in [0.29, 0.717) is 12.5 Å². The quantitative estimate of drug-likeness (QED) is 0.302. The van der Waals surface area contributed by atoms with Crippen LogP contribution in [0.3, 0.4) is 0 Å². The molecule has 0 atom stereocenters. The van der Waals surface area contributed by atoms with E-state index >= 15 is 0 Å². The first kappa shape index (κ1) is 19.9. The molecule has 0 spiro atoms. The summed E-state index contributed by atoms with van der Waals surface area (Å²) in [6.07, 6.45) is 2.86. The molecule has 3 rings (SSSR count). The second kappa shape index (κ2) is 10.5. The molecule has 2 aromatic rings. The summed E-state index contributed by atoms with van der Waals surface area (Å²) in [5.41, 5.74) is 6.91. The van der Waals surface area contributed by atoms with Gasteiger partial charge in [-0.3, -0.25) is 9.88 Å². The van der Waals surface area contributed by atoms with Crippen LogP contribution in [0.1, 0.15) is 12.1 Å². The van der Waals surface area contributed by atoms with Crippen molar-refractivity contribution in [3.05, 3.63) is 42.2 Å². The highest BCUT2D eigenvalue weighted by Gasteiger charge is 2.09. The van der Waals surface area contributed by atoms with Crippen molar-refractivity contribution in [1.29, 1.82) is 0 Å². The van der Waals surface area contributed by atoms with Crippen LogP contribution < -0.4 is 11.1 Å². The Morgan fingerprint density at radius 2 is 2.04 bits per heavy atom. The van der Waals surface area contributed by atoms with E-state index in [1.54, 1.807) is 0 Å². The summed E-state index contributed by atoms with van der Waals surface area (Å²) in [4.78, 5) is 11.3. The van der Waals surface area contributed by atoms with Crippen LogP contribution in [0.25, 0.3) is 10.8 Å². The normalized spacial score (nSPS) is 15.8. The van der Waals surface area contributed by atoms with Gasteiger partial charge in [0.25, 0.3) is 0 Å². The number of nitrogens with one attached hydrogen (secondary N) is 1. The smallest absolute Gasteiger partial charge is 0.188 e. The average Bonchev–Trinajstić information content (AvgIpc) is 2.64. The molecule has 0 amide bonds. The molecule has 0 radical (unpaired) electrons. The van der Waals surface area contributed by atoms with Crippen molar-refractivity contribution in [2.24, 2.45) is 10.7 Å². The second-order valence-corrected chi connectivity index (χ2v) is 5.91. The molecule has 1 aliphatic heterocycles. The lowest BCUT2D eigenvalue weighted by Gasteiger charge is -2.26. The number of halogens is 1. The number of hydrogen-bond acceptors (Lipinski definition) is 4. The van der Waals surface area contributed by atoms with Gasteiger partial charge in [0.1, 0.15) is 0 Å². The minimum absolute atomic E-state index is 0. The minimum atomic E-state index is 0. The van der Waals surface area contributed by atoms with Crippen LogP contribution in [-0.2, 0) is 11.3 Å². The number of nitrogens with zero attached hydrogens (tertiary/aromatic N) is 3. The molecule has 0 unspecified atom stereocenters. The van der Waals surface area contributed by atoms with Gasteiger partial charge in [-0.05, 0) is 24.4 Å². The van der Waals surface area contributed by atoms with Crippen LogP contribution in [0.2, 0.25) is 0 Å². The Kier molecular flexibility index (Phi) is 8.36. The van der Waals surface area contributed by atoms with E-state index in [2.05, 4.69) is 32.3 Å². The fraction of sp³-hybridized carbons (Fsp3) is 0.444. The number of aliphatic imine (C=N–C) groups is 1. The van der Waals surface area contributed by atoms with Crippen molar-refractivity contribution in [2.45, 2.75) is 13.0 Å². The highest BCUT2D eigenvalue weighted by Crippen LogP contribution is 2.16. The lowest BCUT2D eigenvalue weighted by molar-refractivity contribution is 0.0376. The number of pyridine rings is 1. The molecule has 136 valence electrons. The van der Waals surface area contributed by atoms with Gasteiger partial charge in [0.05, 0.1) is 25.5 Å². The Bertz CT molecular complexity index is 683. The highest BCUT2D eigenvalue weighted by atomic mass is 127. The van der Waals surface area contributed by atoms with Crippen LogP contribution in [0.4, 0.5) is 0 Å². The standard InChI is InChI=1S/C18H25N5O.HI/c19-18(21-7-3-9-23-10-12-24-13-11-23)22-14-17-16-5-2-1-4-15(16)6-8-20-17;/h1-2,4-6,8H,3,7,9-14H2,(H3,19,21,22);1H. The van der Waals surface area contributed by atoms with Gasteiger partial charge in [-0.15, -0.1) is 24.0 Å². The number of ether oxygens (including phenoxy) is 1. The Morgan fingerprint density at radius 3 is 2.88 bits per heavy atom. The Labute approximate surface area is 165 Å². The third-order valence-corrected chi connectivity index (χ3v) is 4.22. The summed E-state index contributed by atoms with van der Waals surface area (Å²) in [7, 11) is 0. The zero-order valence-electron chi connectivity index (χ0n) is 14.4. The summed E-state index contributed by atoms with van der Waals surface area (Å²) in [5.74, 6) is 0.478. The van der Waals surface area contributed by atoms with Crippen LogP contribution >= 0.6 is 24.0 Å². The molecule has 1 aromatic heterocycles. The molecule has 25 heavy (non-hydrogen) atoms. The Balaban J connectivity index is 0.00000225. The zero-order chi connectivity index (χ0) is 16.6. The molecule has 0 saturated carbocycles. The van der Waals surface area contributed by atoms with Crippen molar-refractivity contribution >= 4 is 40.7 Å². The van der Waals surface area contributed by atoms with E-state index in [1.807, 2.05) is 24.4 Å². The van der Waals surface area contributed by atoms with Gasteiger partial charge >= 0.3 is 0 Å². The third-order valence-electron chi connectivity index (χ3n) is 4.22. The number of rotatable bonds is 6. The molecular formula is C18H26IN5O. The minimum Gasteiger partial charge on any atom is -0.379 e. The predicted molar refractivity (Wildman–Crippen MR) is 112 cm³/mol. The van der Waals surface area contributed by atoms with E-state index in [-0.39, 0.29) is 24.0 Å². The van der Waals surface area contributed by atoms with Crippen molar-refractivity contribution < 1.29 is 4.74 Å². The first-order chi connectivity index (χ1) is 11.8. The van der Waals surface area contributed by atoms with E-state index in [4.69, 9.17) is 10.5 Å². The number of nitrogens with two attached hydrogens (primary N) is 1. The molecule has 1 aliphatic rings. The number of guanidine groups is 1. The maximum atomic E-state index is 5.96. The molecule has 7 heteroatoms. The molecule has 6 nitrogen and oxygen atoms in total. The Hall–Kier alpha value is -1.45. The lowest BCUT2D eigenvalue weighted by Crippen LogP contribution is -2.39. The van der Waals surface area contributed by atoms with Crippen molar-refractivity contribution in [3.63, 3.8) is 0 Å². The molecule has 1 saturated heterocycles. The third kappa shape index (κ3) is 6.09. The fourth-order valence-electron chi connectivity index (χ4n) is 2.87. The van der Waals surface area contributed by atoms with E-state index in [0.717, 1.165) is 56.9 Å². The largest absolute Gasteiger partial charge is 0.379 e. The SMILES string of the molecule is I.NC(=NCc1nccc2ccccc12)NCCCN1CCOCC1. The molecule has 0 bridgehead atoms. The average molecular weight is 455 g/mol. The second-order valence-electron chi connectivity index (χ2n) is 5.91. The van der Waals surface area contributed by atoms with Gasteiger partial charge in [-0.1, -0.05) is 24.3 Å². The summed E-state index contributed by atoms with van der Waals surface area (Å²) < 4.78 is 5.35. The van der Waals surface area contributed by atoms with Crippen LogP contribution in [0.15, 0.2) is 41.5 Å². The lowest BCUT2D eigenvalue weighted by atomic mass is 10.1. The maximum Gasteiger partial charge on any atom is 0.188 e. The van der Waals surface area contributed by atoms with E-state index < -0.39 is 0 Å². The van der Waals surface area contributed by atoms with Crippen LogP contribution in [0.5, 0.6) is 0 Å². The first-order valence-electron chi connectivity index (χ1n) is 8.49.